The number of amides is 1. The van der Waals surface area contributed by atoms with Gasteiger partial charge in [-0.25, -0.2) is 4.79 Å². The number of hydrogen-bond donors (Lipinski definition) is 1. The molecule has 0 radical (unpaired) electrons. The number of piperidine rings is 1. The Morgan fingerprint density at radius 3 is 2.32 bits per heavy atom. The van der Waals surface area contributed by atoms with Gasteiger partial charge in [0.05, 0.1) is 0 Å². The zero-order valence-corrected chi connectivity index (χ0v) is 12.5. The van der Waals surface area contributed by atoms with Gasteiger partial charge in [-0.05, 0) is 58.3 Å². The molecule has 3 atom stereocenters. The van der Waals surface area contributed by atoms with E-state index < -0.39 is 0 Å². The average molecular weight is 266 g/mol. The van der Waals surface area contributed by atoms with Gasteiger partial charge >= 0.3 is 6.09 Å². The smallest absolute Gasteiger partial charge is 0.410 e. The van der Waals surface area contributed by atoms with Crippen molar-refractivity contribution in [2.75, 3.05) is 13.1 Å². The van der Waals surface area contributed by atoms with Crippen molar-refractivity contribution in [1.82, 2.24) is 10.2 Å². The molecule has 0 aromatic rings. The van der Waals surface area contributed by atoms with Crippen molar-refractivity contribution in [3.05, 3.63) is 0 Å². The van der Waals surface area contributed by atoms with Gasteiger partial charge in [-0.1, -0.05) is 0 Å². The molecule has 0 bridgehead atoms. The summed E-state index contributed by atoms with van der Waals surface area (Å²) in [5, 5.41) is 3.75. The highest BCUT2D eigenvalue weighted by molar-refractivity contribution is 5.69. The molecule has 0 spiro atoms. The second-order valence-electron chi connectivity index (χ2n) is 7.53. The molecule has 3 unspecified atom stereocenters. The van der Waals surface area contributed by atoms with E-state index in [0.717, 1.165) is 19.0 Å². The SMILES string of the molecule is CC(NC1C2CN(C(=O)OC(C)(C)C)CC21)C1CC1. The van der Waals surface area contributed by atoms with Crippen LogP contribution in [0.4, 0.5) is 4.79 Å². The third kappa shape index (κ3) is 2.88. The first kappa shape index (κ1) is 13.2. The molecule has 1 N–H and O–H groups in total. The number of hydrogen-bond acceptors (Lipinski definition) is 3. The molecule has 1 aliphatic heterocycles. The molecular formula is C15H26N2O2. The average Bonchev–Trinajstić information content (AvgIpc) is 3.17. The summed E-state index contributed by atoms with van der Waals surface area (Å²) in [6.45, 7) is 9.80. The molecule has 0 aromatic heterocycles. The van der Waals surface area contributed by atoms with E-state index in [0.29, 0.717) is 23.9 Å². The van der Waals surface area contributed by atoms with Crippen LogP contribution in [0.15, 0.2) is 0 Å². The molecule has 2 saturated carbocycles. The summed E-state index contributed by atoms with van der Waals surface area (Å²) in [5.41, 5.74) is -0.387. The van der Waals surface area contributed by atoms with Gasteiger partial charge in [0.1, 0.15) is 5.60 Å². The fourth-order valence-electron chi connectivity index (χ4n) is 3.29. The lowest BCUT2D eigenvalue weighted by Gasteiger charge is -2.26. The van der Waals surface area contributed by atoms with Crippen LogP contribution in [0.2, 0.25) is 0 Å². The lowest BCUT2D eigenvalue weighted by Crippen LogP contribution is -2.41. The maximum Gasteiger partial charge on any atom is 0.410 e. The first-order valence-electron chi connectivity index (χ1n) is 7.59. The van der Waals surface area contributed by atoms with Crippen molar-refractivity contribution in [2.24, 2.45) is 17.8 Å². The number of rotatable bonds is 3. The van der Waals surface area contributed by atoms with Crippen molar-refractivity contribution < 1.29 is 9.53 Å². The topological polar surface area (TPSA) is 41.6 Å². The van der Waals surface area contributed by atoms with Gasteiger partial charge in [0.25, 0.3) is 0 Å². The normalized spacial score (nSPS) is 34.9. The standard InChI is InChI=1S/C15H26N2O2/c1-9(10-5-6-10)16-13-11-7-17(8-12(11)13)14(18)19-15(2,3)4/h9-13,16H,5-8H2,1-4H3. The minimum absolute atomic E-state index is 0.145. The fourth-order valence-corrected chi connectivity index (χ4v) is 3.29. The highest BCUT2D eigenvalue weighted by Gasteiger charge is 2.57. The number of carbonyl (C=O) groups is 1. The molecule has 1 heterocycles. The molecule has 19 heavy (non-hydrogen) atoms. The van der Waals surface area contributed by atoms with Gasteiger partial charge in [-0.3, -0.25) is 0 Å². The van der Waals surface area contributed by atoms with Crippen molar-refractivity contribution >= 4 is 6.09 Å². The third-order valence-electron chi connectivity index (χ3n) is 4.63. The Balaban J connectivity index is 1.43. The van der Waals surface area contributed by atoms with Crippen LogP contribution < -0.4 is 5.32 Å². The van der Waals surface area contributed by atoms with Crippen LogP contribution in [0.25, 0.3) is 0 Å². The van der Waals surface area contributed by atoms with E-state index in [1.807, 2.05) is 25.7 Å². The molecule has 4 nitrogen and oxygen atoms in total. The van der Waals surface area contributed by atoms with Crippen LogP contribution >= 0.6 is 0 Å². The Kier molecular flexibility index (Phi) is 3.04. The Bertz CT molecular complexity index is 361. The first-order valence-corrected chi connectivity index (χ1v) is 7.59. The molecule has 2 aliphatic carbocycles. The van der Waals surface area contributed by atoms with Gasteiger partial charge in [0.2, 0.25) is 0 Å². The van der Waals surface area contributed by atoms with Crippen LogP contribution in [0.5, 0.6) is 0 Å². The summed E-state index contributed by atoms with van der Waals surface area (Å²) in [5.74, 6) is 2.23. The maximum atomic E-state index is 12.0. The highest BCUT2D eigenvalue weighted by Crippen LogP contribution is 2.47. The summed E-state index contributed by atoms with van der Waals surface area (Å²) in [6.07, 6.45) is 2.63. The van der Waals surface area contributed by atoms with E-state index in [1.54, 1.807) is 0 Å². The quantitative estimate of drug-likeness (QED) is 0.852. The maximum absolute atomic E-state index is 12.0. The first-order chi connectivity index (χ1) is 8.85. The van der Waals surface area contributed by atoms with Crippen LogP contribution in [0.1, 0.15) is 40.5 Å². The van der Waals surface area contributed by atoms with Gasteiger partial charge in [0, 0.05) is 25.2 Å². The highest BCUT2D eigenvalue weighted by atomic mass is 16.6. The number of nitrogens with one attached hydrogen (secondary N) is 1. The molecule has 3 aliphatic rings. The molecule has 3 rings (SSSR count). The zero-order valence-electron chi connectivity index (χ0n) is 12.5. The Labute approximate surface area is 115 Å². The van der Waals surface area contributed by atoms with E-state index in [2.05, 4.69) is 12.2 Å². The van der Waals surface area contributed by atoms with Crippen LogP contribution in [-0.4, -0.2) is 41.8 Å². The molecule has 108 valence electrons. The fraction of sp³-hybridized carbons (Fsp3) is 0.933. The minimum Gasteiger partial charge on any atom is -0.444 e. The monoisotopic (exact) mass is 266 g/mol. The van der Waals surface area contributed by atoms with Crippen molar-refractivity contribution in [3.63, 3.8) is 0 Å². The summed E-state index contributed by atoms with van der Waals surface area (Å²) in [6, 6.07) is 1.31. The second kappa shape index (κ2) is 4.37. The van der Waals surface area contributed by atoms with Crippen LogP contribution in [0.3, 0.4) is 0 Å². The van der Waals surface area contributed by atoms with Crippen molar-refractivity contribution in [2.45, 2.75) is 58.2 Å². The van der Waals surface area contributed by atoms with Crippen LogP contribution in [0, 0.1) is 17.8 Å². The summed E-state index contributed by atoms with van der Waals surface area (Å²) in [7, 11) is 0. The van der Waals surface area contributed by atoms with Gasteiger partial charge in [0.15, 0.2) is 0 Å². The lowest BCUT2D eigenvalue weighted by atomic mass is 10.2. The van der Waals surface area contributed by atoms with Crippen molar-refractivity contribution in [1.29, 1.82) is 0 Å². The Hall–Kier alpha value is -0.770. The molecule has 1 saturated heterocycles. The predicted octanol–water partition coefficient (Wildman–Crippen LogP) is 2.24. The number of nitrogens with zero attached hydrogens (tertiary/aromatic N) is 1. The van der Waals surface area contributed by atoms with E-state index >= 15 is 0 Å². The van der Waals surface area contributed by atoms with Crippen molar-refractivity contribution in [3.8, 4) is 0 Å². The summed E-state index contributed by atoms with van der Waals surface area (Å²) in [4.78, 5) is 13.8. The minimum atomic E-state index is -0.387. The molecule has 4 heteroatoms. The van der Waals surface area contributed by atoms with E-state index in [-0.39, 0.29) is 11.7 Å². The Morgan fingerprint density at radius 2 is 1.84 bits per heavy atom. The number of fused-ring (bicyclic) bond motifs is 1. The number of likely N-dealkylation sites (tertiary alicyclic amines) is 1. The molecule has 1 amide bonds. The van der Waals surface area contributed by atoms with E-state index in [4.69, 9.17) is 4.74 Å². The van der Waals surface area contributed by atoms with E-state index in [1.165, 1.54) is 12.8 Å². The third-order valence-corrected chi connectivity index (χ3v) is 4.63. The van der Waals surface area contributed by atoms with Gasteiger partial charge in [-0.2, -0.15) is 0 Å². The second-order valence-corrected chi connectivity index (χ2v) is 7.53. The largest absolute Gasteiger partial charge is 0.444 e. The molecule has 0 aromatic carbocycles. The van der Waals surface area contributed by atoms with Gasteiger partial charge < -0.3 is 15.0 Å². The summed E-state index contributed by atoms with van der Waals surface area (Å²) < 4.78 is 5.42. The zero-order chi connectivity index (χ0) is 13.8. The number of ether oxygens (including phenoxy) is 1. The molecular weight excluding hydrogens is 240 g/mol. The van der Waals surface area contributed by atoms with Gasteiger partial charge in [-0.15, -0.1) is 0 Å². The number of carbonyl (C=O) groups excluding carboxylic acids is 1. The lowest BCUT2D eigenvalue weighted by molar-refractivity contribution is 0.0268. The van der Waals surface area contributed by atoms with E-state index in [9.17, 15) is 4.79 Å². The molecule has 3 fully saturated rings. The van der Waals surface area contributed by atoms with Crippen LogP contribution in [-0.2, 0) is 4.74 Å². The predicted molar refractivity (Wildman–Crippen MR) is 73.9 cm³/mol. The summed E-state index contributed by atoms with van der Waals surface area (Å²) >= 11 is 0. The Morgan fingerprint density at radius 1 is 1.26 bits per heavy atom.